The van der Waals surface area contributed by atoms with Crippen molar-refractivity contribution in [2.45, 2.75) is 51.8 Å². The van der Waals surface area contributed by atoms with Crippen molar-refractivity contribution in [2.75, 3.05) is 12.3 Å². The molecule has 2 aliphatic heterocycles. The summed E-state index contributed by atoms with van der Waals surface area (Å²) in [4.78, 5) is 19.3. The highest BCUT2D eigenvalue weighted by Crippen LogP contribution is 2.34. The zero-order chi connectivity index (χ0) is 20.2. The van der Waals surface area contributed by atoms with Crippen molar-refractivity contribution in [3.05, 3.63) is 53.2 Å². The smallest absolute Gasteiger partial charge is 0.320 e. The van der Waals surface area contributed by atoms with Gasteiger partial charge in [0, 0.05) is 12.3 Å². The van der Waals surface area contributed by atoms with Crippen LogP contribution in [0.4, 0.5) is 0 Å². The Morgan fingerprint density at radius 3 is 3.10 bits per heavy atom. The number of benzene rings is 1. The molecule has 154 valence electrons. The molecule has 29 heavy (non-hydrogen) atoms. The number of aromatic nitrogens is 1. The van der Waals surface area contributed by atoms with Crippen LogP contribution >= 0.6 is 11.8 Å². The molecule has 1 N–H and O–H groups in total. The number of hydrogen-bond donors (Lipinski definition) is 1. The highest BCUT2D eigenvalue weighted by Gasteiger charge is 2.28. The zero-order valence-corrected chi connectivity index (χ0v) is 17.4. The van der Waals surface area contributed by atoms with Crippen LogP contribution < -0.4 is 4.74 Å². The Bertz CT molecular complexity index is 908. The van der Waals surface area contributed by atoms with Gasteiger partial charge < -0.3 is 14.3 Å². The summed E-state index contributed by atoms with van der Waals surface area (Å²) in [6.45, 7) is 3.69. The van der Waals surface area contributed by atoms with Gasteiger partial charge in [0.2, 0.25) is 5.89 Å². The first-order valence-corrected chi connectivity index (χ1v) is 11.1. The number of carboxylic acids is 1. The molecular formula is C22H26N2O4S. The predicted octanol–water partition coefficient (Wildman–Crippen LogP) is 4.48. The summed E-state index contributed by atoms with van der Waals surface area (Å²) in [7, 11) is 0. The Labute approximate surface area is 174 Å². The van der Waals surface area contributed by atoms with Crippen LogP contribution in [-0.2, 0) is 17.9 Å². The highest BCUT2D eigenvalue weighted by atomic mass is 32.2. The maximum absolute atomic E-state index is 11.5. The SMILES string of the molecule is Cc1oc(C2=CCCS2)nc1COc1cccc(CN2CCCCC2C(=O)O)c1. The number of aryl methyl sites for hydroxylation is 1. The zero-order valence-electron chi connectivity index (χ0n) is 16.6. The minimum Gasteiger partial charge on any atom is -0.487 e. The first-order valence-electron chi connectivity index (χ1n) is 10.1. The second-order valence-corrected chi connectivity index (χ2v) is 8.62. The summed E-state index contributed by atoms with van der Waals surface area (Å²) < 4.78 is 11.8. The van der Waals surface area contributed by atoms with E-state index >= 15 is 0 Å². The van der Waals surface area contributed by atoms with Gasteiger partial charge in [-0.25, -0.2) is 4.98 Å². The second-order valence-electron chi connectivity index (χ2n) is 7.48. The van der Waals surface area contributed by atoms with E-state index in [4.69, 9.17) is 9.15 Å². The van der Waals surface area contributed by atoms with Gasteiger partial charge in [-0.15, -0.1) is 11.8 Å². The summed E-state index contributed by atoms with van der Waals surface area (Å²) in [6, 6.07) is 7.47. The highest BCUT2D eigenvalue weighted by molar-refractivity contribution is 8.08. The van der Waals surface area contributed by atoms with Gasteiger partial charge in [0.1, 0.15) is 29.9 Å². The molecule has 0 bridgehead atoms. The molecule has 0 saturated carbocycles. The van der Waals surface area contributed by atoms with Crippen LogP contribution in [0.1, 0.15) is 48.6 Å². The number of oxazole rings is 1. The number of thioether (sulfide) groups is 1. The molecule has 0 spiro atoms. The summed E-state index contributed by atoms with van der Waals surface area (Å²) in [6.07, 6.45) is 5.95. The normalized spacial score (nSPS) is 19.9. The topological polar surface area (TPSA) is 75.8 Å². The molecule has 3 heterocycles. The van der Waals surface area contributed by atoms with E-state index in [1.807, 2.05) is 36.1 Å². The van der Waals surface area contributed by atoms with Crippen molar-refractivity contribution < 1.29 is 19.1 Å². The lowest BCUT2D eigenvalue weighted by Crippen LogP contribution is -2.43. The van der Waals surface area contributed by atoms with Crippen LogP contribution in [0.25, 0.3) is 4.91 Å². The van der Waals surface area contributed by atoms with Gasteiger partial charge in [-0.3, -0.25) is 9.69 Å². The fourth-order valence-electron chi connectivity index (χ4n) is 3.81. The first-order chi connectivity index (χ1) is 14.1. The van der Waals surface area contributed by atoms with Gasteiger partial charge in [0.25, 0.3) is 0 Å². The number of carbonyl (C=O) groups is 1. The maximum atomic E-state index is 11.5. The molecule has 0 amide bonds. The number of rotatable bonds is 7. The number of nitrogens with zero attached hydrogens (tertiary/aromatic N) is 2. The number of carboxylic acid groups (broad SMARTS) is 1. The molecule has 2 aromatic rings. The summed E-state index contributed by atoms with van der Waals surface area (Å²) >= 11 is 1.77. The van der Waals surface area contributed by atoms with Crippen LogP contribution in [0.3, 0.4) is 0 Å². The van der Waals surface area contributed by atoms with Crippen LogP contribution in [0.15, 0.2) is 34.8 Å². The van der Waals surface area contributed by atoms with Crippen molar-refractivity contribution in [3.8, 4) is 5.75 Å². The van der Waals surface area contributed by atoms with Crippen molar-refractivity contribution >= 4 is 22.6 Å². The molecule has 0 radical (unpaired) electrons. The van der Waals surface area contributed by atoms with E-state index in [0.717, 1.165) is 59.2 Å². The molecule has 1 unspecified atom stereocenters. The molecule has 2 aliphatic rings. The monoisotopic (exact) mass is 414 g/mol. The van der Waals surface area contributed by atoms with Crippen molar-refractivity contribution in [1.82, 2.24) is 9.88 Å². The van der Waals surface area contributed by atoms with Crippen molar-refractivity contribution in [2.24, 2.45) is 0 Å². The second kappa shape index (κ2) is 9.05. The lowest BCUT2D eigenvalue weighted by atomic mass is 10.0. The van der Waals surface area contributed by atoms with Gasteiger partial charge in [-0.05, 0) is 50.4 Å². The number of ether oxygens (including phenoxy) is 1. The first kappa shape index (κ1) is 20.0. The van der Waals surface area contributed by atoms with E-state index in [1.165, 1.54) is 0 Å². The summed E-state index contributed by atoms with van der Waals surface area (Å²) in [5, 5.41) is 9.47. The standard InChI is InChI=1S/C22H26N2O4S/c1-15-18(23-21(28-15)20-9-5-11-29-20)14-27-17-7-4-6-16(12-17)13-24-10-3-2-8-19(24)22(25)26/h4,6-7,9,12,19H,2-3,5,8,10-11,13-14H2,1H3,(H,25,26). The van der Waals surface area contributed by atoms with Gasteiger partial charge in [-0.2, -0.15) is 0 Å². The number of aliphatic carboxylic acids is 1. The van der Waals surface area contributed by atoms with Gasteiger partial charge in [0.05, 0.1) is 4.91 Å². The third kappa shape index (κ3) is 4.85. The van der Waals surface area contributed by atoms with Crippen LogP contribution in [-0.4, -0.2) is 39.3 Å². The van der Waals surface area contributed by atoms with Crippen LogP contribution in [0.5, 0.6) is 5.75 Å². The lowest BCUT2D eigenvalue weighted by molar-refractivity contribution is -0.144. The summed E-state index contributed by atoms with van der Waals surface area (Å²) in [5.74, 6) is 2.56. The number of hydrogen-bond acceptors (Lipinski definition) is 6. The number of piperidine rings is 1. The average molecular weight is 415 g/mol. The fraction of sp³-hybridized carbons (Fsp3) is 0.455. The van der Waals surface area contributed by atoms with Crippen LogP contribution in [0, 0.1) is 6.92 Å². The third-order valence-corrected chi connectivity index (χ3v) is 6.46. The quantitative estimate of drug-likeness (QED) is 0.716. The van der Waals surface area contributed by atoms with Gasteiger partial charge >= 0.3 is 5.97 Å². The molecule has 1 saturated heterocycles. The summed E-state index contributed by atoms with van der Waals surface area (Å²) in [5.41, 5.74) is 1.86. The Hall–Kier alpha value is -2.25. The minimum absolute atomic E-state index is 0.345. The average Bonchev–Trinajstić information content (AvgIpc) is 3.37. The molecule has 1 aromatic carbocycles. The number of allylic oxidation sites excluding steroid dienone is 1. The van der Waals surface area contributed by atoms with E-state index in [9.17, 15) is 9.90 Å². The molecule has 4 rings (SSSR count). The maximum Gasteiger partial charge on any atom is 0.320 e. The molecule has 1 fully saturated rings. The predicted molar refractivity (Wildman–Crippen MR) is 113 cm³/mol. The Kier molecular flexibility index (Phi) is 6.25. The lowest BCUT2D eigenvalue weighted by Gasteiger charge is -2.32. The van der Waals surface area contributed by atoms with E-state index in [2.05, 4.69) is 11.1 Å². The minimum atomic E-state index is -0.732. The molecular weight excluding hydrogens is 388 g/mol. The molecule has 1 atom stereocenters. The molecule has 0 aliphatic carbocycles. The van der Waals surface area contributed by atoms with E-state index in [1.54, 1.807) is 11.8 Å². The third-order valence-electron chi connectivity index (χ3n) is 5.37. The molecule has 1 aromatic heterocycles. The van der Waals surface area contributed by atoms with E-state index in [0.29, 0.717) is 25.5 Å². The van der Waals surface area contributed by atoms with Gasteiger partial charge in [0.15, 0.2) is 0 Å². The van der Waals surface area contributed by atoms with E-state index < -0.39 is 12.0 Å². The Balaban J connectivity index is 1.40. The Morgan fingerprint density at radius 2 is 2.31 bits per heavy atom. The largest absolute Gasteiger partial charge is 0.487 e. The Morgan fingerprint density at radius 1 is 1.41 bits per heavy atom. The van der Waals surface area contributed by atoms with E-state index in [-0.39, 0.29) is 0 Å². The fourth-order valence-corrected chi connectivity index (χ4v) is 4.72. The molecule has 6 nitrogen and oxygen atoms in total. The van der Waals surface area contributed by atoms with Gasteiger partial charge in [-0.1, -0.05) is 24.6 Å². The number of likely N-dealkylation sites (tertiary alicyclic amines) is 1. The molecule has 7 heteroatoms. The van der Waals surface area contributed by atoms with Crippen LogP contribution in [0.2, 0.25) is 0 Å². The van der Waals surface area contributed by atoms with Crippen molar-refractivity contribution in [3.63, 3.8) is 0 Å². The van der Waals surface area contributed by atoms with Crippen molar-refractivity contribution in [1.29, 1.82) is 0 Å².